The van der Waals surface area contributed by atoms with Gasteiger partial charge in [-0.15, -0.1) is 0 Å². The maximum atomic E-state index is 2.38. The van der Waals surface area contributed by atoms with Crippen LogP contribution in [-0.4, -0.2) is 0 Å². The first-order chi connectivity index (χ1) is 5.42. The molecule has 2 rings (SSSR count). The van der Waals surface area contributed by atoms with E-state index in [0.29, 0.717) is 0 Å². The summed E-state index contributed by atoms with van der Waals surface area (Å²) < 4.78 is 0. The van der Waals surface area contributed by atoms with E-state index < -0.39 is 0 Å². The Hall–Kier alpha value is 0. The van der Waals surface area contributed by atoms with Crippen molar-refractivity contribution in [2.45, 2.75) is 51.9 Å². The van der Waals surface area contributed by atoms with E-state index in [4.69, 9.17) is 0 Å². The van der Waals surface area contributed by atoms with Gasteiger partial charge in [-0.05, 0) is 37.0 Å². The molecule has 0 unspecified atom stereocenters. The molecular formula is C11H20. The average molecular weight is 152 g/mol. The van der Waals surface area contributed by atoms with Crippen molar-refractivity contribution in [2.24, 2.45) is 17.8 Å². The molecule has 2 fully saturated rings. The topological polar surface area (TPSA) is 0 Å². The highest BCUT2D eigenvalue weighted by Gasteiger charge is 2.35. The van der Waals surface area contributed by atoms with E-state index in [1.54, 1.807) is 25.7 Å². The van der Waals surface area contributed by atoms with Crippen molar-refractivity contribution in [3.05, 3.63) is 0 Å². The summed E-state index contributed by atoms with van der Waals surface area (Å²) in [5, 5.41) is 0. The fourth-order valence-electron chi connectivity index (χ4n) is 3.36. The van der Waals surface area contributed by atoms with E-state index in [9.17, 15) is 0 Å². The first-order valence-electron chi connectivity index (χ1n) is 5.42. The number of hydrogen-bond donors (Lipinski definition) is 0. The molecule has 0 N–H and O–H groups in total. The van der Waals surface area contributed by atoms with Crippen LogP contribution in [0, 0.1) is 17.8 Å². The zero-order valence-electron chi connectivity index (χ0n) is 7.68. The van der Waals surface area contributed by atoms with Crippen molar-refractivity contribution in [3.63, 3.8) is 0 Å². The van der Waals surface area contributed by atoms with Crippen LogP contribution < -0.4 is 0 Å². The van der Waals surface area contributed by atoms with E-state index in [-0.39, 0.29) is 0 Å². The van der Waals surface area contributed by atoms with Gasteiger partial charge in [-0.2, -0.15) is 0 Å². The maximum Gasteiger partial charge on any atom is -0.0358 e. The van der Waals surface area contributed by atoms with E-state index in [0.717, 1.165) is 17.8 Å². The summed E-state index contributed by atoms with van der Waals surface area (Å²) in [4.78, 5) is 0. The molecule has 0 nitrogen and oxygen atoms in total. The van der Waals surface area contributed by atoms with Crippen LogP contribution in [0.3, 0.4) is 0 Å². The molecule has 2 saturated carbocycles. The second kappa shape index (κ2) is 3.16. The van der Waals surface area contributed by atoms with Crippen molar-refractivity contribution >= 4 is 0 Å². The molecule has 11 heavy (non-hydrogen) atoms. The lowest BCUT2D eigenvalue weighted by Crippen LogP contribution is -2.18. The van der Waals surface area contributed by atoms with E-state index in [1.165, 1.54) is 19.3 Å². The molecule has 3 atom stereocenters. The Labute approximate surface area is 70.4 Å². The van der Waals surface area contributed by atoms with Gasteiger partial charge < -0.3 is 0 Å². The van der Waals surface area contributed by atoms with E-state index >= 15 is 0 Å². The smallest absolute Gasteiger partial charge is 0.0358 e. The van der Waals surface area contributed by atoms with Crippen LogP contribution in [0.5, 0.6) is 0 Å². The minimum Gasteiger partial charge on any atom is -0.0651 e. The normalized spacial score (nSPS) is 43.9. The van der Waals surface area contributed by atoms with Crippen LogP contribution in [0.1, 0.15) is 51.9 Å². The molecule has 0 saturated heterocycles. The predicted octanol–water partition coefficient (Wildman–Crippen LogP) is 3.61. The minimum absolute atomic E-state index is 1.11. The second-order valence-corrected chi connectivity index (χ2v) is 4.45. The molecule has 0 radical (unpaired) electrons. The van der Waals surface area contributed by atoms with Gasteiger partial charge in [-0.25, -0.2) is 0 Å². The Morgan fingerprint density at radius 1 is 1.00 bits per heavy atom. The van der Waals surface area contributed by atoms with Gasteiger partial charge in [0, 0.05) is 0 Å². The zero-order valence-corrected chi connectivity index (χ0v) is 7.68. The average Bonchev–Trinajstić information content (AvgIpc) is 2.47. The van der Waals surface area contributed by atoms with Crippen molar-refractivity contribution in [2.75, 3.05) is 0 Å². The highest BCUT2D eigenvalue weighted by Crippen LogP contribution is 2.46. The molecule has 0 aromatic carbocycles. The van der Waals surface area contributed by atoms with Crippen LogP contribution in [0.2, 0.25) is 0 Å². The van der Waals surface area contributed by atoms with Gasteiger partial charge in [0.15, 0.2) is 0 Å². The molecule has 64 valence electrons. The summed E-state index contributed by atoms with van der Waals surface area (Å²) in [6.07, 6.45) is 10.7. The molecule has 0 aromatic rings. The van der Waals surface area contributed by atoms with Crippen molar-refractivity contribution in [1.29, 1.82) is 0 Å². The number of hydrogen-bond acceptors (Lipinski definition) is 0. The number of rotatable bonds is 1. The fraction of sp³-hybridized carbons (Fsp3) is 1.00. The molecule has 0 amide bonds. The number of fused-ring (bicyclic) bond motifs is 1. The van der Waals surface area contributed by atoms with Crippen molar-refractivity contribution in [3.8, 4) is 0 Å². The van der Waals surface area contributed by atoms with Crippen molar-refractivity contribution in [1.82, 2.24) is 0 Å². The van der Waals surface area contributed by atoms with Crippen LogP contribution >= 0.6 is 0 Å². The monoisotopic (exact) mass is 152 g/mol. The molecule has 2 aliphatic rings. The summed E-state index contributed by atoms with van der Waals surface area (Å²) >= 11 is 0. The molecule has 0 heteroatoms. The lowest BCUT2D eigenvalue weighted by molar-refractivity contribution is 0.224. The molecule has 0 aliphatic heterocycles. The van der Waals surface area contributed by atoms with Gasteiger partial charge in [0.25, 0.3) is 0 Å². The summed E-state index contributed by atoms with van der Waals surface area (Å²) in [6.45, 7) is 2.38. The maximum absolute atomic E-state index is 2.38. The Balaban J connectivity index is 1.98. The van der Waals surface area contributed by atoms with Crippen molar-refractivity contribution < 1.29 is 0 Å². The molecule has 0 heterocycles. The second-order valence-electron chi connectivity index (χ2n) is 4.45. The van der Waals surface area contributed by atoms with Gasteiger partial charge in [0.1, 0.15) is 0 Å². The first kappa shape index (κ1) is 7.64. The molecule has 0 bridgehead atoms. The third-order valence-corrected chi connectivity index (χ3v) is 4.01. The zero-order chi connectivity index (χ0) is 7.68. The highest BCUT2D eigenvalue weighted by atomic mass is 14.4. The fourth-order valence-corrected chi connectivity index (χ4v) is 3.36. The Kier molecular flexibility index (Phi) is 2.20. The van der Waals surface area contributed by atoms with Crippen LogP contribution in [0.25, 0.3) is 0 Å². The van der Waals surface area contributed by atoms with Gasteiger partial charge in [-0.3, -0.25) is 0 Å². The Morgan fingerprint density at radius 3 is 2.64 bits per heavy atom. The van der Waals surface area contributed by atoms with Crippen LogP contribution in [0.15, 0.2) is 0 Å². The lowest BCUT2D eigenvalue weighted by atomic mass is 9.77. The first-order valence-corrected chi connectivity index (χ1v) is 5.42. The lowest BCUT2D eigenvalue weighted by Gasteiger charge is -2.28. The highest BCUT2D eigenvalue weighted by molar-refractivity contribution is 4.86. The van der Waals surface area contributed by atoms with Crippen LogP contribution in [-0.2, 0) is 0 Å². The molecular weight excluding hydrogens is 132 g/mol. The summed E-state index contributed by atoms with van der Waals surface area (Å²) in [6, 6.07) is 0. The summed E-state index contributed by atoms with van der Waals surface area (Å²) in [5.74, 6) is 3.41. The van der Waals surface area contributed by atoms with E-state index in [2.05, 4.69) is 6.92 Å². The predicted molar refractivity (Wildman–Crippen MR) is 48.5 cm³/mol. The standard InChI is InChI=1S/C11H20/c1-2-9-7-8-10-5-3-4-6-11(9)10/h9-11H,2-8H2,1H3/t9-,10+,11+/m0/s1. The van der Waals surface area contributed by atoms with Gasteiger partial charge in [0.05, 0.1) is 0 Å². The SMILES string of the molecule is CC[C@H]1CC[C@H]2CCCC[C@@H]21. The summed E-state index contributed by atoms with van der Waals surface area (Å²) in [7, 11) is 0. The molecule has 2 aliphatic carbocycles. The molecule has 0 spiro atoms. The third kappa shape index (κ3) is 1.32. The summed E-state index contributed by atoms with van der Waals surface area (Å²) in [5.41, 5.74) is 0. The van der Waals surface area contributed by atoms with Crippen LogP contribution in [0.4, 0.5) is 0 Å². The Bertz CT molecular complexity index is 122. The quantitative estimate of drug-likeness (QED) is 0.538. The van der Waals surface area contributed by atoms with Gasteiger partial charge in [-0.1, -0.05) is 32.6 Å². The minimum atomic E-state index is 1.11. The van der Waals surface area contributed by atoms with Gasteiger partial charge in [0.2, 0.25) is 0 Å². The molecule has 0 aromatic heterocycles. The van der Waals surface area contributed by atoms with E-state index in [1.807, 2.05) is 0 Å². The van der Waals surface area contributed by atoms with Gasteiger partial charge >= 0.3 is 0 Å². The largest absolute Gasteiger partial charge is 0.0651 e. The Morgan fingerprint density at radius 2 is 1.82 bits per heavy atom. The third-order valence-electron chi connectivity index (χ3n) is 4.01.